The van der Waals surface area contributed by atoms with Crippen LogP contribution in [0.25, 0.3) is 11.5 Å². The lowest BCUT2D eigenvalue weighted by Gasteiger charge is -2.06. The molecule has 122 valence electrons. The molecule has 0 aliphatic rings. The first-order chi connectivity index (χ1) is 11.7. The molecule has 0 fully saturated rings. The van der Waals surface area contributed by atoms with E-state index in [0.29, 0.717) is 13.0 Å². The molecule has 2 aromatic heterocycles. The van der Waals surface area contributed by atoms with E-state index in [4.69, 9.17) is 9.15 Å². The number of methoxy groups -OCH3 is 1. The molecular formula is C19H18N2O3. The summed E-state index contributed by atoms with van der Waals surface area (Å²) in [6.07, 6.45) is 3.69. The van der Waals surface area contributed by atoms with Gasteiger partial charge in [0.05, 0.1) is 19.8 Å². The number of pyridine rings is 1. The summed E-state index contributed by atoms with van der Waals surface area (Å²) in [5, 5.41) is 2.90. The Hall–Kier alpha value is -3.08. The minimum atomic E-state index is -0.0322. The number of ether oxygens (including phenoxy) is 1. The molecule has 0 unspecified atom stereocenters. The summed E-state index contributed by atoms with van der Waals surface area (Å²) < 4.78 is 10.4. The number of aromatic nitrogens is 1. The van der Waals surface area contributed by atoms with Crippen LogP contribution >= 0.6 is 0 Å². The van der Waals surface area contributed by atoms with Gasteiger partial charge in [0.2, 0.25) is 5.91 Å². The minimum absolute atomic E-state index is 0.0322. The summed E-state index contributed by atoms with van der Waals surface area (Å²) in [6.45, 7) is 0.445. The number of carbonyl (C=O) groups is 1. The van der Waals surface area contributed by atoms with E-state index in [-0.39, 0.29) is 5.91 Å². The lowest BCUT2D eigenvalue weighted by atomic mass is 10.1. The highest BCUT2D eigenvalue weighted by Crippen LogP contribution is 2.17. The van der Waals surface area contributed by atoms with Crippen molar-refractivity contribution in [2.45, 2.75) is 13.0 Å². The van der Waals surface area contributed by atoms with Gasteiger partial charge in [0.15, 0.2) is 5.76 Å². The topological polar surface area (TPSA) is 64.4 Å². The van der Waals surface area contributed by atoms with E-state index in [1.807, 2.05) is 48.5 Å². The summed E-state index contributed by atoms with van der Waals surface area (Å²) in [7, 11) is 1.62. The molecule has 0 radical (unpaired) electrons. The third-order valence-corrected chi connectivity index (χ3v) is 3.61. The van der Waals surface area contributed by atoms with Crippen molar-refractivity contribution in [3.05, 3.63) is 72.1 Å². The monoisotopic (exact) mass is 322 g/mol. The minimum Gasteiger partial charge on any atom is -0.497 e. The van der Waals surface area contributed by atoms with Crippen molar-refractivity contribution < 1.29 is 13.9 Å². The number of benzene rings is 1. The predicted octanol–water partition coefficient (Wildman–Crippen LogP) is 3.21. The van der Waals surface area contributed by atoms with Gasteiger partial charge in [0.1, 0.15) is 11.4 Å². The highest BCUT2D eigenvalue weighted by atomic mass is 16.5. The van der Waals surface area contributed by atoms with Gasteiger partial charge in [-0.3, -0.25) is 9.78 Å². The van der Waals surface area contributed by atoms with Crippen LogP contribution in [0, 0.1) is 0 Å². The van der Waals surface area contributed by atoms with E-state index in [9.17, 15) is 4.79 Å². The molecule has 5 nitrogen and oxygen atoms in total. The summed E-state index contributed by atoms with van der Waals surface area (Å²) in [5.74, 6) is 1.47. The highest BCUT2D eigenvalue weighted by Gasteiger charge is 2.05. The van der Waals surface area contributed by atoms with Gasteiger partial charge in [-0.15, -0.1) is 0 Å². The number of rotatable bonds is 6. The maximum atomic E-state index is 12.0. The van der Waals surface area contributed by atoms with Crippen LogP contribution in [0.3, 0.4) is 0 Å². The Morgan fingerprint density at radius 2 is 1.92 bits per heavy atom. The average molecular weight is 322 g/mol. The molecule has 1 amide bonds. The quantitative estimate of drug-likeness (QED) is 0.757. The van der Waals surface area contributed by atoms with Gasteiger partial charge in [-0.2, -0.15) is 0 Å². The third kappa shape index (κ3) is 4.01. The van der Waals surface area contributed by atoms with Crippen molar-refractivity contribution in [3.8, 4) is 17.2 Å². The standard InChI is InChI=1S/C19H18N2O3/c1-23-16-7-4-14(5-8-16)11-19(22)21-13-15-6-9-17(20-12-15)18-3-2-10-24-18/h2-10,12H,11,13H2,1H3,(H,21,22). The SMILES string of the molecule is COc1ccc(CC(=O)NCc2ccc(-c3ccco3)nc2)cc1. The van der Waals surface area contributed by atoms with Crippen LogP contribution in [0.15, 0.2) is 65.4 Å². The van der Waals surface area contributed by atoms with Crippen LogP contribution in [-0.2, 0) is 17.8 Å². The number of hydrogen-bond donors (Lipinski definition) is 1. The van der Waals surface area contributed by atoms with Crippen LogP contribution in [0.1, 0.15) is 11.1 Å². The van der Waals surface area contributed by atoms with Crippen molar-refractivity contribution in [2.75, 3.05) is 7.11 Å². The molecule has 0 spiro atoms. The molecule has 1 aromatic carbocycles. The van der Waals surface area contributed by atoms with E-state index in [0.717, 1.165) is 28.3 Å². The Labute approximate surface area is 140 Å². The smallest absolute Gasteiger partial charge is 0.224 e. The maximum absolute atomic E-state index is 12.0. The first-order valence-corrected chi connectivity index (χ1v) is 7.63. The first kappa shape index (κ1) is 15.8. The molecule has 0 saturated carbocycles. The Morgan fingerprint density at radius 1 is 1.12 bits per heavy atom. The second-order valence-corrected chi connectivity index (χ2v) is 5.33. The third-order valence-electron chi connectivity index (χ3n) is 3.61. The fraction of sp³-hybridized carbons (Fsp3) is 0.158. The number of nitrogens with one attached hydrogen (secondary N) is 1. The van der Waals surface area contributed by atoms with E-state index in [2.05, 4.69) is 10.3 Å². The van der Waals surface area contributed by atoms with Gasteiger partial charge in [0, 0.05) is 12.7 Å². The summed E-state index contributed by atoms with van der Waals surface area (Å²) >= 11 is 0. The Bertz CT molecular complexity index is 778. The number of hydrogen-bond acceptors (Lipinski definition) is 4. The zero-order valence-electron chi connectivity index (χ0n) is 13.4. The Morgan fingerprint density at radius 3 is 2.54 bits per heavy atom. The number of amides is 1. The van der Waals surface area contributed by atoms with E-state index in [1.54, 1.807) is 19.6 Å². The van der Waals surface area contributed by atoms with Crippen molar-refractivity contribution >= 4 is 5.91 Å². The van der Waals surface area contributed by atoms with Crippen molar-refractivity contribution in [2.24, 2.45) is 0 Å². The number of nitrogens with zero attached hydrogens (tertiary/aromatic N) is 1. The normalized spacial score (nSPS) is 10.4. The first-order valence-electron chi connectivity index (χ1n) is 7.63. The lowest BCUT2D eigenvalue weighted by Crippen LogP contribution is -2.24. The molecule has 1 N–H and O–H groups in total. The van der Waals surface area contributed by atoms with Gasteiger partial charge in [-0.25, -0.2) is 0 Å². The summed E-state index contributed by atoms with van der Waals surface area (Å²) in [6, 6.07) is 15.0. The van der Waals surface area contributed by atoms with Crippen molar-refractivity contribution in [3.63, 3.8) is 0 Å². The van der Waals surface area contributed by atoms with Crippen LogP contribution in [-0.4, -0.2) is 18.0 Å². The van der Waals surface area contributed by atoms with Crippen molar-refractivity contribution in [1.29, 1.82) is 0 Å². The lowest BCUT2D eigenvalue weighted by molar-refractivity contribution is -0.120. The predicted molar refractivity (Wildman–Crippen MR) is 90.5 cm³/mol. The number of carbonyl (C=O) groups excluding carboxylic acids is 1. The van der Waals surface area contributed by atoms with Crippen LogP contribution in [0.5, 0.6) is 5.75 Å². The number of furan rings is 1. The molecule has 0 saturated heterocycles. The molecule has 3 aromatic rings. The Balaban J connectivity index is 1.52. The molecule has 3 rings (SSSR count). The van der Waals surface area contributed by atoms with Gasteiger partial charge in [0.25, 0.3) is 0 Å². The Kier molecular flexibility index (Phi) is 4.91. The van der Waals surface area contributed by atoms with Crippen LogP contribution < -0.4 is 10.1 Å². The molecule has 5 heteroatoms. The summed E-state index contributed by atoms with van der Waals surface area (Å²) in [5.41, 5.74) is 2.65. The largest absolute Gasteiger partial charge is 0.497 e. The van der Waals surface area contributed by atoms with Gasteiger partial charge in [-0.1, -0.05) is 18.2 Å². The van der Waals surface area contributed by atoms with Gasteiger partial charge >= 0.3 is 0 Å². The second kappa shape index (κ2) is 7.46. The fourth-order valence-electron chi connectivity index (χ4n) is 2.29. The van der Waals surface area contributed by atoms with Gasteiger partial charge < -0.3 is 14.5 Å². The van der Waals surface area contributed by atoms with E-state index in [1.165, 1.54) is 0 Å². The molecule has 0 aliphatic carbocycles. The van der Waals surface area contributed by atoms with Crippen LogP contribution in [0.2, 0.25) is 0 Å². The molecule has 24 heavy (non-hydrogen) atoms. The van der Waals surface area contributed by atoms with Crippen LogP contribution in [0.4, 0.5) is 0 Å². The molecule has 2 heterocycles. The molecular weight excluding hydrogens is 304 g/mol. The zero-order valence-corrected chi connectivity index (χ0v) is 13.4. The fourth-order valence-corrected chi connectivity index (χ4v) is 2.29. The van der Waals surface area contributed by atoms with E-state index >= 15 is 0 Å². The molecule has 0 bridgehead atoms. The van der Waals surface area contributed by atoms with E-state index < -0.39 is 0 Å². The average Bonchev–Trinajstić information content (AvgIpc) is 3.16. The maximum Gasteiger partial charge on any atom is 0.224 e. The zero-order chi connectivity index (χ0) is 16.8. The van der Waals surface area contributed by atoms with Gasteiger partial charge in [-0.05, 0) is 41.5 Å². The highest BCUT2D eigenvalue weighted by molar-refractivity contribution is 5.78. The second-order valence-electron chi connectivity index (χ2n) is 5.33. The van der Waals surface area contributed by atoms with Crippen molar-refractivity contribution in [1.82, 2.24) is 10.3 Å². The molecule has 0 atom stereocenters. The summed E-state index contributed by atoms with van der Waals surface area (Å²) in [4.78, 5) is 16.4. The molecule has 0 aliphatic heterocycles.